The first-order valence-corrected chi connectivity index (χ1v) is 4.91. The average Bonchev–Trinajstić information content (AvgIpc) is 2.13. The molecule has 1 unspecified atom stereocenters. The Hall–Kier alpha value is -0.870. The second-order valence-corrected chi connectivity index (χ2v) is 4.10. The summed E-state index contributed by atoms with van der Waals surface area (Å²) in [7, 11) is 0. The van der Waals surface area contributed by atoms with Gasteiger partial charge in [0, 0.05) is 16.6 Å². The molecule has 2 atom stereocenters. The fraction of sp³-hybridized carbons (Fsp3) is 0.400. The molecule has 1 aromatic rings. The first-order chi connectivity index (χ1) is 6.92. The van der Waals surface area contributed by atoms with Crippen LogP contribution >= 0.6 is 11.6 Å². The quantitative estimate of drug-likeness (QED) is 0.748. The topological polar surface area (TPSA) is 35.2 Å². The van der Waals surface area contributed by atoms with Gasteiger partial charge in [0.25, 0.3) is 0 Å². The van der Waals surface area contributed by atoms with Gasteiger partial charge in [-0.1, -0.05) is 24.6 Å². The molecular weight excluding hydrogens is 224 g/mol. The smallest absolute Gasteiger partial charge is 0.402 e. The number of benzene rings is 1. The van der Waals surface area contributed by atoms with Gasteiger partial charge in [-0.25, -0.2) is 0 Å². The Bertz CT molecular complexity index is 397. The second kappa shape index (κ2) is 3.32. The lowest BCUT2D eigenvalue weighted by molar-refractivity contribution is -0.225. The zero-order valence-electron chi connectivity index (χ0n) is 8.01. The van der Waals surface area contributed by atoms with Crippen LogP contribution in [0.15, 0.2) is 18.2 Å². The summed E-state index contributed by atoms with van der Waals surface area (Å²) in [5.41, 5.74) is 6.28. The fourth-order valence-corrected chi connectivity index (χ4v) is 1.75. The number of ether oxygens (including phenoxy) is 1. The number of hydrogen-bond donors (Lipinski definition) is 1. The van der Waals surface area contributed by atoms with Gasteiger partial charge in [0.1, 0.15) is 5.75 Å². The van der Waals surface area contributed by atoms with Gasteiger partial charge in [0.05, 0.1) is 5.92 Å². The van der Waals surface area contributed by atoms with Gasteiger partial charge < -0.3 is 10.5 Å². The Morgan fingerprint density at radius 2 is 2.13 bits per heavy atom. The molecule has 1 aromatic carbocycles. The second-order valence-electron chi connectivity index (χ2n) is 3.66. The summed E-state index contributed by atoms with van der Waals surface area (Å²) >= 11 is 5.69. The van der Waals surface area contributed by atoms with E-state index in [1.54, 1.807) is 12.1 Å². The molecule has 82 valence electrons. The van der Waals surface area contributed by atoms with Gasteiger partial charge in [-0.2, -0.15) is 8.78 Å². The summed E-state index contributed by atoms with van der Waals surface area (Å²) < 4.78 is 31.2. The molecule has 0 aromatic heterocycles. The van der Waals surface area contributed by atoms with E-state index in [-0.39, 0.29) is 5.75 Å². The molecule has 1 heterocycles. The first kappa shape index (κ1) is 10.6. The van der Waals surface area contributed by atoms with Crippen LogP contribution in [0.2, 0.25) is 5.02 Å². The largest absolute Gasteiger partial charge is 0.432 e. The van der Waals surface area contributed by atoms with Crippen LogP contribution < -0.4 is 10.5 Å². The lowest BCUT2D eigenvalue weighted by Gasteiger charge is -2.35. The molecule has 5 heteroatoms. The minimum atomic E-state index is -3.24. The molecule has 0 spiro atoms. The summed E-state index contributed by atoms with van der Waals surface area (Å²) in [6.07, 6.45) is -3.24. The molecular formula is C10H10ClF2NO. The molecule has 0 saturated heterocycles. The van der Waals surface area contributed by atoms with Crippen molar-refractivity contribution < 1.29 is 13.5 Å². The minimum absolute atomic E-state index is 0.0677. The standard InChI is InChI=1S/C10H10ClF2NO/c1-5-9(14)7-3-2-6(11)4-8(7)15-10(5,12)13/h2-5,9H,14H2,1H3/t5-,9?/m1/s1. The van der Waals surface area contributed by atoms with Crippen LogP contribution in [0.3, 0.4) is 0 Å². The summed E-state index contributed by atoms with van der Waals surface area (Å²) in [6, 6.07) is 3.85. The van der Waals surface area contributed by atoms with Crippen LogP contribution in [0.25, 0.3) is 0 Å². The predicted molar refractivity (Wildman–Crippen MR) is 53.1 cm³/mol. The zero-order valence-corrected chi connectivity index (χ0v) is 8.76. The van der Waals surface area contributed by atoms with Gasteiger partial charge >= 0.3 is 6.11 Å². The first-order valence-electron chi connectivity index (χ1n) is 4.53. The Morgan fingerprint density at radius 3 is 2.80 bits per heavy atom. The Balaban J connectivity index is 2.50. The van der Waals surface area contributed by atoms with Gasteiger partial charge in [-0.3, -0.25) is 0 Å². The summed E-state index contributed by atoms with van der Waals surface area (Å²) in [6.45, 7) is 1.36. The monoisotopic (exact) mass is 233 g/mol. The van der Waals surface area contributed by atoms with Crippen molar-refractivity contribution in [1.82, 2.24) is 0 Å². The molecule has 15 heavy (non-hydrogen) atoms. The van der Waals surface area contributed by atoms with Gasteiger partial charge in [-0.15, -0.1) is 0 Å². The van der Waals surface area contributed by atoms with Crippen molar-refractivity contribution in [2.75, 3.05) is 0 Å². The lowest BCUT2D eigenvalue weighted by atomic mass is 9.91. The number of rotatable bonds is 0. The summed E-state index contributed by atoms with van der Waals surface area (Å²) in [5.74, 6) is -0.982. The highest BCUT2D eigenvalue weighted by Crippen LogP contribution is 2.44. The van der Waals surface area contributed by atoms with E-state index in [1.165, 1.54) is 13.0 Å². The average molecular weight is 234 g/mol. The van der Waals surface area contributed by atoms with Crippen LogP contribution in [0.4, 0.5) is 8.78 Å². The highest BCUT2D eigenvalue weighted by molar-refractivity contribution is 6.30. The Kier molecular flexibility index (Phi) is 2.35. The summed E-state index contributed by atoms with van der Waals surface area (Å²) in [5, 5.41) is 0.353. The Morgan fingerprint density at radius 1 is 1.47 bits per heavy atom. The van der Waals surface area contributed by atoms with Crippen molar-refractivity contribution in [3.63, 3.8) is 0 Å². The van der Waals surface area contributed by atoms with Crippen molar-refractivity contribution in [1.29, 1.82) is 0 Å². The van der Waals surface area contributed by atoms with E-state index in [0.29, 0.717) is 10.6 Å². The number of halogens is 3. The van der Waals surface area contributed by atoms with Gasteiger partial charge in [0.2, 0.25) is 0 Å². The molecule has 0 saturated carbocycles. The van der Waals surface area contributed by atoms with Crippen molar-refractivity contribution in [3.05, 3.63) is 28.8 Å². The highest BCUT2D eigenvalue weighted by Gasteiger charge is 2.47. The lowest BCUT2D eigenvalue weighted by Crippen LogP contribution is -2.43. The molecule has 2 nitrogen and oxygen atoms in total. The SMILES string of the molecule is C[C@@H]1C(N)c2ccc(Cl)cc2OC1(F)F. The third kappa shape index (κ3) is 1.68. The molecule has 0 bridgehead atoms. The molecule has 0 radical (unpaired) electrons. The maximum atomic E-state index is 13.3. The number of alkyl halides is 2. The van der Waals surface area contributed by atoms with Crippen molar-refractivity contribution in [2.45, 2.75) is 19.1 Å². The maximum absolute atomic E-state index is 13.3. The molecule has 0 fully saturated rings. The normalized spacial score (nSPS) is 28.1. The number of hydrogen-bond acceptors (Lipinski definition) is 2. The number of fused-ring (bicyclic) bond motifs is 1. The van der Waals surface area contributed by atoms with E-state index in [4.69, 9.17) is 17.3 Å². The van der Waals surface area contributed by atoms with Crippen molar-refractivity contribution >= 4 is 11.6 Å². The van der Waals surface area contributed by atoms with E-state index in [2.05, 4.69) is 4.74 Å². The molecule has 2 rings (SSSR count). The third-order valence-corrected chi connectivity index (χ3v) is 2.88. The van der Waals surface area contributed by atoms with E-state index < -0.39 is 18.1 Å². The number of nitrogens with two attached hydrogens (primary N) is 1. The predicted octanol–water partition coefficient (Wildman–Crippen LogP) is 2.96. The molecule has 0 amide bonds. The minimum Gasteiger partial charge on any atom is -0.432 e. The van der Waals surface area contributed by atoms with E-state index in [1.807, 2.05) is 0 Å². The van der Waals surface area contributed by atoms with Crippen LogP contribution in [-0.2, 0) is 0 Å². The van der Waals surface area contributed by atoms with E-state index in [0.717, 1.165) is 0 Å². The molecule has 1 aliphatic rings. The van der Waals surface area contributed by atoms with Crippen LogP contribution in [0, 0.1) is 5.92 Å². The summed E-state index contributed by atoms with van der Waals surface area (Å²) in [4.78, 5) is 0. The highest BCUT2D eigenvalue weighted by atomic mass is 35.5. The molecule has 1 aliphatic heterocycles. The van der Waals surface area contributed by atoms with Crippen LogP contribution in [0.5, 0.6) is 5.75 Å². The Labute approximate surface area is 91.0 Å². The van der Waals surface area contributed by atoms with E-state index >= 15 is 0 Å². The zero-order chi connectivity index (χ0) is 11.2. The van der Waals surface area contributed by atoms with Gasteiger partial charge in [0.15, 0.2) is 0 Å². The maximum Gasteiger partial charge on any atom is 0.402 e. The fourth-order valence-electron chi connectivity index (χ4n) is 1.59. The van der Waals surface area contributed by atoms with Crippen LogP contribution in [0.1, 0.15) is 18.5 Å². The third-order valence-electron chi connectivity index (χ3n) is 2.65. The van der Waals surface area contributed by atoms with Crippen LogP contribution in [-0.4, -0.2) is 6.11 Å². The van der Waals surface area contributed by atoms with Crippen molar-refractivity contribution in [2.24, 2.45) is 11.7 Å². The molecule has 0 aliphatic carbocycles. The van der Waals surface area contributed by atoms with Gasteiger partial charge in [-0.05, 0) is 12.1 Å². The molecule has 2 N–H and O–H groups in total. The van der Waals surface area contributed by atoms with E-state index in [9.17, 15) is 8.78 Å². The van der Waals surface area contributed by atoms with Crippen molar-refractivity contribution in [3.8, 4) is 5.75 Å².